The van der Waals surface area contributed by atoms with Crippen LogP contribution in [-0.4, -0.2) is 34.7 Å². The normalized spacial score (nSPS) is 15.6. The van der Waals surface area contributed by atoms with Crippen LogP contribution < -0.4 is 0 Å². The summed E-state index contributed by atoms with van der Waals surface area (Å²) in [5.74, 6) is -0.262. The molecule has 0 unspecified atom stereocenters. The van der Waals surface area contributed by atoms with Gasteiger partial charge in [-0.3, -0.25) is 14.6 Å². The van der Waals surface area contributed by atoms with E-state index in [2.05, 4.69) is 4.98 Å². The summed E-state index contributed by atoms with van der Waals surface area (Å²) in [6.45, 7) is 1.57. The minimum absolute atomic E-state index is 0.0585. The first-order valence-corrected chi connectivity index (χ1v) is 5.99. The van der Waals surface area contributed by atoms with Gasteiger partial charge in [0.15, 0.2) is 5.78 Å². The predicted octanol–water partition coefficient (Wildman–Crippen LogP) is 1.67. The summed E-state index contributed by atoms with van der Waals surface area (Å²) in [5, 5.41) is 0. The highest BCUT2D eigenvalue weighted by Crippen LogP contribution is 2.11. The number of piperidine rings is 1. The molecule has 0 radical (unpaired) electrons. The van der Waals surface area contributed by atoms with Gasteiger partial charge in [-0.2, -0.15) is 0 Å². The Morgan fingerprint density at radius 3 is 2.59 bits per heavy atom. The summed E-state index contributed by atoms with van der Waals surface area (Å²) in [6.07, 6.45) is 4.78. The molecular formula is C13H16N2O2. The van der Waals surface area contributed by atoms with Crippen molar-refractivity contribution in [3.63, 3.8) is 0 Å². The first kappa shape index (κ1) is 11.8. The van der Waals surface area contributed by atoms with Gasteiger partial charge in [0.2, 0.25) is 5.91 Å². The molecule has 0 atom stereocenters. The topological polar surface area (TPSA) is 50.3 Å². The first-order valence-electron chi connectivity index (χ1n) is 5.99. The number of hydrogen-bond acceptors (Lipinski definition) is 3. The van der Waals surface area contributed by atoms with Crippen LogP contribution in [0.2, 0.25) is 0 Å². The lowest BCUT2D eigenvalue weighted by atomic mass is 10.1. The summed E-state index contributed by atoms with van der Waals surface area (Å²) in [7, 11) is 0. The van der Waals surface area contributed by atoms with Crippen molar-refractivity contribution in [3.8, 4) is 0 Å². The molecule has 0 aliphatic carbocycles. The van der Waals surface area contributed by atoms with Crippen LogP contribution in [0.25, 0.3) is 0 Å². The fourth-order valence-electron chi connectivity index (χ4n) is 2.01. The lowest BCUT2D eigenvalue weighted by molar-refractivity contribution is -0.131. The van der Waals surface area contributed by atoms with Crippen molar-refractivity contribution in [3.05, 3.63) is 30.1 Å². The summed E-state index contributed by atoms with van der Waals surface area (Å²) in [4.78, 5) is 29.4. The van der Waals surface area contributed by atoms with Crippen LogP contribution in [0.5, 0.6) is 0 Å². The third-order valence-electron chi connectivity index (χ3n) is 2.97. The zero-order valence-corrected chi connectivity index (χ0v) is 9.76. The number of carbonyl (C=O) groups excluding carboxylic acids is 2. The molecule has 1 aliphatic rings. The Labute approximate surface area is 101 Å². The van der Waals surface area contributed by atoms with Crippen LogP contribution in [0.15, 0.2) is 24.4 Å². The number of pyridine rings is 1. The zero-order valence-electron chi connectivity index (χ0n) is 9.76. The second-order valence-corrected chi connectivity index (χ2v) is 4.26. The number of ketones is 1. The number of nitrogens with zero attached hydrogens (tertiary/aromatic N) is 2. The lowest BCUT2D eigenvalue weighted by Gasteiger charge is -2.26. The highest BCUT2D eigenvalue weighted by Gasteiger charge is 2.20. The molecule has 0 bridgehead atoms. The fraction of sp³-hybridized carbons (Fsp3) is 0.462. The summed E-state index contributed by atoms with van der Waals surface area (Å²) in [5.41, 5.74) is 0.373. The van der Waals surface area contributed by atoms with Crippen molar-refractivity contribution in [2.75, 3.05) is 13.1 Å². The van der Waals surface area contributed by atoms with Crippen molar-refractivity contribution in [2.24, 2.45) is 0 Å². The van der Waals surface area contributed by atoms with E-state index >= 15 is 0 Å². The molecule has 1 fully saturated rings. The SMILES string of the molecule is O=C(CC(=O)N1CCCCC1)c1ccccn1. The van der Waals surface area contributed by atoms with E-state index in [1.54, 1.807) is 29.3 Å². The Hall–Kier alpha value is -1.71. The number of rotatable bonds is 3. The molecule has 1 aromatic heterocycles. The average Bonchev–Trinajstić information content (AvgIpc) is 2.40. The van der Waals surface area contributed by atoms with Gasteiger partial charge in [-0.15, -0.1) is 0 Å². The maximum absolute atomic E-state index is 11.9. The van der Waals surface area contributed by atoms with E-state index in [0.29, 0.717) is 5.69 Å². The molecule has 0 N–H and O–H groups in total. The molecule has 0 spiro atoms. The summed E-state index contributed by atoms with van der Waals surface area (Å²) in [6, 6.07) is 5.15. The standard InChI is InChI=1S/C13H16N2O2/c16-12(11-6-2-3-7-14-11)10-13(17)15-8-4-1-5-9-15/h2-3,6-7H,1,4-5,8-10H2. The van der Waals surface area contributed by atoms with Gasteiger partial charge in [0, 0.05) is 19.3 Å². The second-order valence-electron chi connectivity index (χ2n) is 4.26. The molecule has 1 aromatic rings. The predicted molar refractivity (Wildman–Crippen MR) is 63.6 cm³/mol. The Kier molecular flexibility index (Phi) is 3.85. The molecule has 4 heteroatoms. The summed E-state index contributed by atoms with van der Waals surface area (Å²) >= 11 is 0. The van der Waals surface area contributed by atoms with E-state index in [0.717, 1.165) is 25.9 Å². The number of likely N-dealkylation sites (tertiary alicyclic amines) is 1. The van der Waals surface area contributed by atoms with E-state index < -0.39 is 0 Å². The van der Waals surface area contributed by atoms with Crippen molar-refractivity contribution in [1.29, 1.82) is 0 Å². The molecule has 0 saturated carbocycles. The van der Waals surface area contributed by atoms with Gasteiger partial charge in [-0.1, -0.05) is 6.07 Å². The first-order chi connectivity index (χ1) is 8.27. The van der Waals surface area contributed by atoms with Gasteiger partial charge in [0.25, 0.3) is 0 Å². The highest BCUT2D eigenvalue weighted by atomic mass is 16.2. The van der Waals surface area contributed by atoms with Crippen LogP contribution in [0.1, 0.15) is 36.2 Å². The molecule has 1 aliphatic heterocycles. The number of carbonyl (C=O) groups is 2. The number of Topliss-reactive ketones (excluding diaryl/α,β-unsaturated/α-hetero) is 1. The molecule has 17 heavy (non-hydrogen) atoms. The van der Waals surface area contributed by atoms with Crippen LogP contribution in [0.4, 0.5) is 0 Å². The Morgan fingerprint density at radius 1 is 1.18 bits per heavy atom. The van der Waals surface area contributed by atoms with E-state index in [1.165, 1.54) is 6.42 Å². The molecule has 1 saturated heterocycles. The largest absolute Gasteiger partial charge is 0.342 e. The Balaban J connectivity index is 1.92. The Morgan fingerprint density at radius 2 is 1.94 bits per heavy atom. The monoisotopic (exact) mass is 232 g/mol. The van der Waals surface area contributed by atoms with Crippen molar-refractivity contribution in [2.45, 2.75) is 25.7 Å². The van der Waals surface area contributed by atoms with Crippen molar-refractivity contribution >= 4 is 11.7 Å². The minimum Gasteiger partial charge on any atom is -0.342 e. The van der Waals surface area contributed by atoms with Crippen LogP contribution in [0.3, 0.4) is 0 Å². The van der Waals surface area contributed by atoms with Gasteiger partial charge in [-0.05, 0) is 31.4 Å². The van der Waals surface area contributed by atoms with E-state index in [-0.39, 0.29) is 18.1 Å². The third kappa shape index (κ3) is 3.12. The van der Waals surface area contributed by atoms with Gasteiger partial charge < -0.3 is 4.90 Å². The van der Waals surface area contributed by atoms with Crippen molar-refractivity contribution in [1.82, 2.24) is 9.88 Å². The van der Waals surface area contributed by atoms with E-state index in [9.17, 15) is 9.59 Å². The molecule has 2 rings (SSSR count). The number of amides is 1. The number of hydrogen-bond donors (Lipinski definition) is 0. The van der Waals surface area contributed by atoms with Crippen molar-refractivity contribution < 1.29 is 9.59 Å². The molecule has 2 heterocycles. The van der Waals surface area contributed by atoms with Crippen LogP contribution in [0, 0.1) is 0 Å². The average molecular weight is 232 g/mol. The van der Waals surface area contributed by atoms with E-state index in [4.69, 9.17) is 0 Å². The van der Waals surface area contributed by atoms with Gasteiger partial charge in [-0.25, -0.2) is 0 Å². The van der Waals surface area contributed by atoms with Crippen LogP contribution in [-0.2, 0) is 4.79 Å². The van der Waals surface area contributed by atoms with Crippen LogP contribution >= 0.6 is 0 Å². The molecular weight excluding hydrogens is 216 g/mol. The molecule has 1 amide bonds. The molecule has 90 valence electrons. The highest BCUT2D eigenvalue weighted by molar-refractivity contribution is 6.06. The summed E-state index contributed by atoms with van der Waals surface area (Å²) < 4.78 is 0. The maximum atomic E-state index is 11.9. The smallest absolute Gasteiger partial charge is 0.230 e. The molecule has 4 nitrogen and oxygen atoms in total. The second kappa shape index (κ2) is 5.57. The van der Waals surface area contributed by atoms with Gasteiger partial charge in [0.1, 0.15) is 5.69 Å². The number of aromatic nitrogens is 1. The third-order valence-corrected chi connectivity index (χ3v) is 2.97. The minimum atomic E-state index is -0.193. The van der Waals surface area contributed by atoms with Gasteiger partial charge >= 0.3 is 0 Å². The maximum Gasteiger partial charge on any atom is 0.230 e. The lowest BCUT2D eigenvalue weighted by Crippen LogP contribution is -2.36. The van der Waals surface area contributed by atoms with Gasteiger partial charge in [0.05, 0.1) is 6.42 Å². The fourth-order valence-corrected chi connectivity index (χ4v) is 2.01. The Bertz CT molecular complexity index is 397. The zero-order chi connectivity index (χ0) is 12.1. The quantitative estimate of drug-likeness (QED) is 0.588. The van der Waals surface area contributed by atoms with E-state index in [1.807, 2.05) is 0 Å². The molecule has 0 aromatic carbocycles.